The lowest BCUT2D eigenvalue weighted by Gasteiger charge is -2.08. The number of H-pyrrole nitrogens is 1. The van der Waals surface area contributed by atoms with E-state index in [1.165, 1.54) is 70.8 Å². The van der Waals surface area contributed by atoms with E-state index in [9.17, 15) is 0 Å². The highest BCUT2D eigenvalue weighted by atomic mass is 15.0. The maximum Gasteiger partial charge on any atom is 0.0562 e. The largest absolute Gasteiger partial charge is 0.354 e. The van der Waals surface area contributed by atoms with Gasteiger partial charge < -0.3 is 9.55 Å². The van der Waals surface area contributed by atoms with Crippen molar-refractivity contribution < 1.29 is 0 Å². The normalized spacial score (nSPS) is 12.1. The van der Waals surface area contributed by atoms with E-state index in [4.69, 9.17) is 0 Å². The SMILES string of the molecule is c1ccc(-n2c3cc4[nH]c5c6ccccc6ccc5c4cc3c3c4ccccc4ccc32)cc1. The Bertz CT molecular complexity index is 2060. The molecule has 8 rings (SSSR count). The Hall–Kier alpha value is -4.56. The molecule has 0 atom stereocenters. The molecule has 0 fully saturated rings. The van der Waals surface area contributed by atoms with E-state index in [2.05, 4.69) is 125 Å². The molecule has 0 spiro atoms. The van der Waals surface area contributed by atoms with Gasteiger partial charge in [-0.3, -0.25) is 0 Å². The van der Waals surface area contributed by atoms with Gasteiger partial charge in [0, 0.05) is 38.1 Å². The molecule has 2 nitrogen and oxygen atoms in total. The molecule has 0 amide bonds. The molecule has 0 saturated heterocycles. The molecule has 1 N–H and O–H groups in total. The van der Waals surface area contributed by atoms with E-state index >= 15 is 0 Å². The van der Waals surface area contributed by atoms with E-state index in [0.717, 1.165) is 0 Å². The third-order valence-corrected chi connectivity index (χ3v) is 7.29. The Labute approximate surface area is 195 Å². The van der Waals surface area contributed by atoms with Crippen LogP contribution >= 0.6 is 0 Å². The molecule has 8 aromatic rings. The van der Waals surface area contributed by atoms with Crippen molar-refractivity contribution in [2.75, 3.05) is 0 Å². The highest BCUT2D eigenvalue weighted by Crippen LogP contribution is 2.40. The van der Waals surface area contributed by atoms with Crippen LogP contribution in [-0.2, 0) is 0 Å². The maximum absolute atomic E-state index is 3.76. The van der Waals surface area contributed by atoms with Crippen LogP contribution in [0, 0.1) is 0 Å². The van der Waals surface area contributed by atoms with Crippen molar-refractivity contribution in [1.82, 2.24) is 9.55 Å². The van der Waals surface area contributed by atoms with Crippen molar-refractivity contribution in [2.45, 2.75) is 0 Å². The average Bonchev–Trinajstić information content (AvgIpc) is 3.43. The van der Waals surface area contributed by atoms with E-state index in [-0.39, 0.29) is 0 Å². The molecule has 34 heavy (non-hydrogen) atoms. The number of benzene rings is 6. The lowest BCUT2D eigenvalue weighted by Crippen LogP contribution is -1.93. The van der Waals surface area contributed by atoms with Gasteiger partial charge in [-0.15, -0.1) is 0 Å². The number of nitrogens with one attached hydrogen (secondary N) is 1. The molecule has 2 aromatic heterocycles. The Morgan fingerprint density at radius 2 is 1.18 bits per heavy atom. The summed E-state index contributed by atoms with van der Waals surface area (Å²) >= 11 is 0. The van der Waals surface area contributed by atoms with Crippen molar-refractivity contribution in [3.05, 3.63) is 115 Å². The highest BCUT2D eigenvalue weighted by Gasteiger charge is 2.17. The van der Waals surface area contributed by atoms with Crippen LogP contribution < -0.4 is 0 Å². The van der Waals surface area contributed by atoms with Gasteiger partial charge in [0.1, 0.15) is 0 Å². The maximum atomic E-state index is 3.76. The second kappa shape index (κ2) is 6.49. The van der Waals surface area contributed by atoms with E-state index in [1.807, 2.05) is 0 Å². The zero-order valence-electron chi connectivity index (χ0n) is 18.4. The Morgan fingerprint density at radius 3 is 2.03 bits per heavy atom. The third kappa shape index (κ3) is 2.29. The quantitative estimate of drug-likeness (QED) is 0.268. The predicted octanol–water partition coefficient (Wildman–Crippen LogP) is 8.72. The van der Waals surface area contributed by atoms with Crippen molar-refractivity contribution in [3.8, 4) is 5.69 Å². The second-order valence-corrected chi connectivity index (χ2v) is 9.10. The van der Waals surface area contributed by atoms with Gasteiger partial charge >= 0.3 is 0 Å². The molecule has 158 valence electrons. The van der Waals surface area contributed by atoms with Crippen LogP contribution in [0.3, 0.4) is 0 Å². The fourth-order valence-corrected chi connectivity index (χ4v) is 5.78. The summed E-state index contributed by atoms with van der Waals surface area (Å²) in [5.74, 6) is 0. The summed E-state index contributed by atoms with van der Waals surface area (Å²) in [5, 5.41) is 10.2. The first-order chi connectivity index (χ1) is 16.9. The summed E-state index contributed by atoms with van der Waals surface area (Å²) in [7, 11) is 0. The molecule has 0 aliphatic carbocycles. The van der Waals surface area contributed by atoms with Crippen LogP contribution in [0.25, 0.3) is 70.8 Å². The summed E-state index contributed by atoms with van der Waals surface area (Å²) in [6, 6.07) is 41.7. The fourth-order valence-electron chi connectivity index (χ4n) is 5.78. The number of fused-ring (bicyclic) bond motifs is 10. The number of hydrogen-bond acceptors (Lipinski definition) is 0. The lowest BCUT2D eigenvalue weighted by molar-refractivity contribution is 1.18. The average molecular weight is 433 g/mol. The monoisotopic (exact) mass is 432 g/mol. The Morgan fingerprint density at radius 1 is 0.471 bits per heavy atom. The number of aromatic amines is 1. The number of aromatic nitrogens is 2. The van der Waals surface area contributed by atoms with E-state index < -0.39 is 0 Å². The van der Waals surface area contributed by atoms with Crippen LogP contribution in [0.15, 0.2) is 115 Å². The minimum Gasteiger partial charge on any atom is -0.354 e. The van der Waals surface area contributed by atoms with Crippen LogP contribution in [0.4, 0.5) is 0 Å². The van der Waals surface area contributed by atoms with Crippen molar-refractivity contribution >= 4 is 65.2 Å². The molecule has 0 aliphatic rings. The topological polar surface area (TPSA) is 20.7 Å². The minimum absolute atomic E-state index is 1.17. The molecule has 2 heterocycles. The van der Waals surface area contributed by atoms with Gasteiger partial charge in [-0.25, -0.2) is 0 Å². The first-order valence-corrected chi connectivity index (χ1v) is 11.7. The lowest BCUT2D eigenvalue weighted by atomic mass is 10.0. The molecular weight excluding hydrogens is 412 g/mol. The second-order valence-electron chi connectivity index (χ2n) is 9.10. The fraction of sp³-hybridized carbons (Fsp3) is 0. The molecule has 0 aliphatic heterocycles. The van der Waals surface area contributed by atoms with E-state index in [0.29, 0.717) is 0 Å². The number of para-hydroxylation sites is 1. The third-order valence-electron chi connectivity index (χ3n) is 7.29. The summed E-state index contributed by atoms with van der Waals surface area (Å²) in [5.41, 5.74) is 6.02. The predicted molar refractivity (Wildman–Crippen MR) is 145 cm³/mol. The van der Waals surface area contributed by atoms with Gasteiger partial charge in [-0.05, 0) is 46.5 Å². The molecule has 0 radical (unpaired) electrons. The van der Waals surface area contributed by atoms with Gasteiger partial charge in [0.25, 0.3) is 0 Å². The summed E-state index contributed by atoms with van der Waals surface area (Å²) in [6.45, 7) is 0. The van der Waals surface area contributed by atoms with Crippen LogP contribution in [0.5, 0.6) is 0 Å². The standard InChI is InChI=1S/C32H20N2/c1-2-10-22(11-3-1)34-29-17-15-20-8-4-6-12-23(20)31(29)27-18-26-25-16-14-21-9-5-7-13-24(21)32(25)33-28(26)19-30(27)34/h1-19,33H. The van der Waals surface area contributed by atoms with Crippen LogP contribution in [0.2, 0.25) is 0 Å². The molecule has 0 saturated carbocycles. The Balaban J connectivity index is 1.61. The Kier molecular flexibility index (Phi) is 3.42. The van der Waals surface area contributed by atoms with Gasteiger partial charge in [0.05, 0.1) is 16.6 Å². The molecule has 0 unspecified atom stereocenters. The molecular formula is C32H20N2. The molecule has 2 heteroatoms. The highest BCUT2D eigenvalue weighted by molar-refractivity contribution is 6.26. The minimum atomic E-state index is 1.17. The number of rotatable bonds is 1. The molecule has 0 bridgehead atoms. The van der Waals surface area contributed by atoms with Gasteiger partial charge in [-0.2, -0.15) is 0 Å². The first kappa shape index (κ1) is 17.9. The van der Waals surface area contributed by atoms with Gasteiger partial charge in [0.15, 0.2) is 0 Å². The van der Waals surface area contributed by atoms with Crippen molar-refractivity contribution in [1.29, 1.82) is 0 Å². The van der Waals surface area contributed by atoms with E-state index in [1.54, 1.807) is 0 Å². The first-order valence-electron chi connectivity index (χ1n) is 11.7. The zero-order chi connectivity index (χ0) is 22.2. The van der Waals surface area contributed by atoms with Crippen LogP contribution in [0.1, 0.15) is 0 Å². The van der Waals surface area contributed by atoms with Crippen molar-refractivity contribution in [3.63, 3.8) is 0 Å². The number of hydrogen-bond donors (Lipinski definition) is 1. The van der Waals surface area contributed by atoms with Crippen molar-refractivity contribution in [2.24, 2.45) is 0 Å². The molecule has 6 aromatic carbocycles. The summed E-state index contributed by atoms with van der Waals surface area (Å²) in [4.78, 5) is 3.76. The summed E-state index contributed by atoms with van der Waals surface area (Å²) < 4.78 is 2.40. The van der Waals surface area contributed by atoms with Gasteiger partial charge in [-0.1, -0.05) is 84.9 Å². The smallest absolute Gasteiger partial charge is 0.0562 e. The number of nitrogens with zero attached hydrogens (tertiary/aromatic N) is 1. The zero-order valence-corrected chi connectivity index (χ0v) is 18.4. The van der Waals surface area contributed by atoms with Gasteiger partial charge in [0.2, 0.25) is 0 Å². The summed E-state index contributed by atoms with van der Waals surface area (Å²) in [6.07, 6.45) is 0. The van der Waals surface area contributed by atoms with Crippen LogP contribution in [-0.4, -0.2) is 9.55 Å².